The van der Waals surface area contributed by atoms with Crippen LogP contribution in [-0.4, -0.2) is 22.9 Å². The van der Waals surface area contributed by atoms with E-state index < -0.39 is 0 Å². The average Bonchev–Trinajstić information content (AvgIpc) is 2.89. The zero-order chi connectivity index (χ0) is 13.3. The van der Waals surface area contributed by atoms with Crippen molar-refractivity contribution in [3.63, 3.8) is 0 Å². The van der Waals surface area contributed by atoms with E-state index in [0.29, 0.717) is 5.91 Å². The molecule has 4 heteroatoms. The Balaban J connectivity index is 1.68. The maximum Gasteiger partial charge on any atom is 0.244 e. The van der Waals surface area contributed by atoms with Gasteiger partial charge < -0.3 is 4.90 Å². The van der Waals surface area contributed by atoms with E-state index in [4.69, 9.17) is 0 Å². The molecule has 3 rings (SSSR count). The van der Waals surface area contributed by atoms with Gasteiger partial charge in [-0.2, -0.15) is 11.3 Å². The molecule has 1 spiro atoms. The first-order valence-corrected chi connectivity index (χ1v) is 8.32. The number of nitrogens with zero attached hydrogens (tertiary/aromatic N) is 1. The van der Waals surface area contributed by atoms with Gasteiger partial charge in [0, 0.05) is 6.54 Å². The molecular formula is C15H22N2OS. The van der Waals surface area contributed by atoms with E-state index in [1.165, 1.54) is 24.8 Å². The van der Waals surface area contributed by atoms with Gasteiger partial charge in [-0.1, -0.05) is 26.2 Å². The number of carbonyl (C=O) groups is 1. The molecule has 0 radical (unpaired) electrons. The van der Waals surface area contributed by atoms with Crippen molar-refractivity contribution in [1.82, 2.24) is 10.2 Å². The van der Waals surface area contributed by atoms with E-state index in [9.17, 15) is 4.79 Å². The second kappa shape index (κ2) is 5.25. The zero-order valence-corrected chi connectivity index (χ0v) is 12.3. The van der Waals surface area contributed by atoms with Gasteiger partial charge in [-0.25, -0.2) is 0 Å². The van der Waals surface area contributed by atoms with E-state index in [0.717, 1.165) is 25.8 Å². The summed E-state index contributed by atoms with van der Waals surface area (Å²) in [5, 5.41) is 7.82. The predicted molar refractivity (Wildman–Crippen MR) is 78.0 cm³/mol. The Labute approximate surface area is 119 Å². The van der Waals surface area contributed by atoms with Crippen molar-refractivity contribution >= 4 is 17.2 Å². The Morgan fingerprint density at radius 1 is 1.42 bits per heavy atom. The smallest absolute Gasteiger partial charge is 0.244 e. The lowest BCUT2D eigenvalue weighted by atomic mass is 10.2. The van der Waals surface area contributed by atoms with Gasteiger partial charge in [-0.15, -0.1) is 0 Å². The quantitative estimate of drug-likeness (QED) is 0.810. The standard InChI is InChI=1S/C15H22N2OS/c1-2-3-4-5-9-17-13(12-6-10-19-11-12)16-15(7-8-15)14(17)18/h6,10-11,13,16H,2-5,7-9H2,1H3. The summed E-state index contributed by atoms with van der Waals surface area (Å²) in [6.07, 6.45) is 6.99. The fourth-order valence-electron chi connectivity index (χ4n) is 2.91. The largest absolute Gasteiger partial charge is 0.321 e. The number of hydrogen-bond donors (Lipinski definition) is 1. The van der Waals surface area contributed by atoms with E-state index in [-0.39, 0.29) is 11.7 Å². The molecule has 3 nitrogen and oxygen atoms in total. The Morgan fingerprint density at radius 2 is 2.26 bits per heavy atom. The molecule has 2 heterocycles. The van der Waals surface area contributed by atoms with E-state index in [1.54, 1.807) is 11.3 Å². The van der Waals surface area contributed by atoms with Crippen molar-refractivity contribution in [3.05, 3.63) is 22.4 Å². The number of rotatable bonds is 6. The maximum absolute atomic E-state index is 12.5. The highest BCUT2D eigenvalue weighted by Gasteiger charge is 2.59. The molecule has 1 saturated carbocycles. The number of thiophene rings is 1. The molecule has 1 aromatic heterocycles. The van der Waals surface area contributed by atoms with Gasteiger partial charge in [0.2, 0.25) is 5.91 Å². The first-order chi connectivity index (χ1) is 9.27. The van der Waals surface area contributed by atoms with Crippen LogP contribution in [0, 0.1) is 0 Å². The average molecular weight is 278 g/mol. The highest BCUT2D eigenvalue weighted by Crippen LogP contribution is 2.46. The molecule has 1 amide bonds. The zero-order valence-electron chi connectivity index (χ0n) is 11.5. The van der Waals surface area contributed by atoms with Crippen LogP contribution in [0.3, 0.4) is 0 Å². The van der Waals surface area contributed by atoms with Gasteiger partial charge in [0.15, 0.2) is 0 Å². The topological polar surface area (TPSA) is 32.3 Å². The normalized spacial score (nSPS) is 24.4. The van der Waals surface area contributed by atoms with Crippen LogP contribution in [0.15, 0.2) is 16.8 Å². The van der Waals surface area contributed by atoms with Crippen LogP contribution in [-0.2, 0) is 4.79 Å². The van der Waals surface area contributed by atoms with Gasteiger partial charge in [-0.3, -0.25) is 10.1 Å². The molecule has 1 N–H and O–H groups in total. The number of nitrogens with one attached hydrogen (secondary N) is 1. The minimum Gasteiger partial charge on any atom is -0.321 e. The number of hydrogen-bond acceptors (Lipinski definition) is 3. The molecule has 1 aromatic rings. The summed E-state index contributed by atoms with van der Waals surface area (Å²) in [4.78, 5) is 14.6. The monoisotopic (exact) mass is 278 g/mol. The van der Waals surface area contributed by atoms with Gasteiger partial charge in [0.25, 0.3) is 0 Å². The lowest BCUT2D eigenvalue weighted by molar-refractivity contribution is -0.130. The SMILES string of the molecule is CCCCCCN1C(=O)C2(CC2)NC1c1ccsc1. The van der Waals surface area contributed by atoms with Crippen molar-refractivity contribution in [2.24, 2.45) is 0 Å². The summed E-state index contributed by atoms with van der Waals surface area (Å²) in [6.45, 7) is 3.12. The molecule has 2 fully saturated rings. The predicted octanol–water partition coefficient (Wildman–Crippen LogP) is 3.29. The molecule has 1 atom stereocenters. The van der Waals surface area contributed by atoms with Crippen LogP contribution in [0.4, 0.5) is 0 Å². The van der Waals surface area contributed by atoms with Crippen LogP contribution in [0.5, 0.6) is 0 Å². The van der Waals surface area contributed by atoms with Crippen molar-refractivity contribution in [1.29, 1.82) is 0 Å². The first-order valence-electron chi connectivity index (χ1n) is 7.38. The van der Waals surface area contributed by atoms with Gasteiger partial charge in [0.05, 0.1) is 0 Å². The van der Waals surface area contributed by atoms with Crippen LogP contribution in [0.2, 0.25) is 0 Å². The van der Waals surface area contributed by atoms with Crippen molar-refractivity contribution in [2.45, 2.75) is 57.2 Å². The summed E-state index contributed by atoms with van der Waals surface area (Å²) >= 11 is 1.70. The van der Waals surface area contributed by atoms with Crippen molar-refractivity contribution < 1.29 is 4.79 Å². The Morgan fingerprint density at radius 3 is 2.89 bits per heavy atom. The lowest BCUT2D eigenvalue weighted by Gasteiger charge is -2.23. The fraction of sp³-hybridized carbons (Fsp3) is 0.667. The van der Waals surface area contributed by atoms with Gasteiger partial charge in [0.1, 0.15) is 11.7 Å². The van der Waals surface area contributed by atoms with E-state index in [1.807, 2.05) is 0 Å². The summed E-state index contributed by atoms with van der Waals surface area (Å²) < 4.78 is 0. The molecule has 1 saturated heterocycles. The Hall–Kier alpha value is -0.870. The highest BCUT2D eigenvalue weighted by atomic mass is 32.1. The number of unbranched alkanes of at least 4 members (excludes halogenated alkanes) is 3. The Kier molecular flexibility index (Phi) is 3.63. The summed E-state index contributed by atoms with van der Waals surface area (Å²) in [5.74, 6) is 0.334. The third-order valence-electron chi connectivity index (χ3n) is 4.26. The molecule has 1 aliphatic heterocycles. The maximum atomic E-state index is 12.5. The van der Waals surface area contributed by atoms with Gasteiger partial charge in [-0.05, 0) is 41.7 Å². The summed E-state index contributed by atoms with van der Waals surface area (Å²) in [6, 6.07) is 2.13. The molecule has 1 aliphatic carbocycles. The molecular weight excluding hydrogens is 256 g/mol. The third kappa shape index (κ3) is 2.43. The number of amides is 1. The first kappa shape index (κ1) is 13.1. The van der Waals surface area contributed by atoms with Crippen molar-refractivity contribution in [2.75, 3.05) is 6.54 Å². The summed E-state index contributed by atoms with van der Waals surface area (Å²) in [5.41, 5.74) is 1.05. The van der Waals surface area contributed by atoms with Crippen LogP contribution < -0.4 is 5.32 Å². The minimum atomic E-state index is -0.197. The van der Waals surface area contributed by atoms with Crippen molar-refractivity contribution in [3.8, 4) is 0 Å². The van der Waals surface area contributed by atoms with Gasteiger partial charge >= 0.3 is 0 Å². The van der Waals surface area contributed by atoms with Crippen LogP contribution in [0.25, 0.3) is 0 Å². The Bertz CT molecular complexity index is 439. The highest BCUT2D eigenvalue weighted by molar-refractivity contribution is 7.07. The molecule has 104 valence electrons. The molecule has 1 unspecified atom stereocenters. The molecule has 19 heavy (non-hydrogen) atoms. The lowest BCUT2D eigenvalue weighted by Crippen LogP contribution is -2.32. The van der Waals surface area contributed by atoms with E-state index >= 15 is 0 Å². The van der Waals surface area contributed by atoms with Crippen LogP contribution in [0.1, 0.15) is 57.2 Å². The molecule has 2 aliphatic rings. The second-order valence-electron chi connectivity index (χ2n) is 5.74. The van der Waals surface area contributed by atoms with Crippen LogP contribution >= 0.6 is 11.3 Å². The number of carbonyl (C=O) groups excluding carboxylic acids is 1. The summed E-state index contributed by atoms with van der Waals surface area (Å²) in [7, 11) is 0. The second-order valence-corrected chi connectivity index (χ2v) is 6.52. The third-order valence-corrected chi connectivity index (χ3v) is 4.96. The van der Waals surface area contributed by atoms with E-state index in [2.05, 4.69) is 34.0 Å². The molecule has 0 bridgehead atoms. The fourth-order valence-corrected chi connectivity index (χ4v) is 3.59. The minimum absolute atomic E-state index is 0.114. The molecule has 0 aromatic carbocycles.